The Kier molecular flexibility index (Phi) is 10.4. The van der Waals surface area contributed by atoms with Crippen LogP contribution in [0, 0.1) is 0 Å². The third-order valence-corrected chi connectivity index (χ3v) is 10.4. The number of benzene rings is 1. The lowest BCUT2D eigenvalue weighted by molar-refractivity contribution is -0.178. The molecular formula is C24H38O9Si. The highest BCUT2D eigenvalue weighted by atomic mass is 28.4. The van der Waals surface area contributed by atoms with Gasteiger partial charge in [0.15, 0.2) is 26.8 Å². The first-order valence-electron chi connectivity index (χ1n) is 11.6. The van der Waals surface area contributed by atoms with Crippen LogP contribution in [0.4, 0.5) is 9.59 Å². The van der Waals surface area contributed by atoms with E-state index in [1.165, 1.54) is 0 Å². The first-order chi connectivity index (χ1) is 16.0. The minimum Gasteiger partial charge on any atom is -0.435 e. The smallest absolute Gasteiger partial charge is 0.435 e. The molecule has 0 aromatic heterocycles. The van der Waals surface area contributed by atoms with E-state index >= 15 is 0 Å². The van der Waals surface area contributed by atoms with E-state index in [0.717, 1.165) is 5.56 Å². The second-order valence-corrected chi connectivity index (χ2v) is 14.3. The average Bonchev–Trinajstić information content (AvgIpc) is 3.07. The summed E-state index contributed by atoms with van der Waals surface area (Å²) < 4.78 is 39.3. The van der Waals surface area contributed by atoms with Gasteiger partial charge in [0.25, 0.3) is 0 Å². The number of hydrogen-bond donors (Lipinski definition) is 0. The van der Waals surface area contributed by atoms with E-state index in [1.54, 1.807) is 13.8 Å². The number of ether oxygens (including phenoxy) is 6. The number of carbonyl (C=O) groups excluding carboxylic acids is 2. The van der Waals surface area contributed by atoms with Crippen molar-refractivity contribution in [1.29, 1.82) is 0 Å². The molecule has 1 heterocycles. The highest BCUT2D eigenvalue weighted by molar-refractivity contribution is 6.74. The van der Waals surface area contributed by atoms with E-state index in [4.69, 9.17) is 32.8 Å². The molecule has 9 nitrogen and oxygen atoms in total. The van der Waals surface area contributed by atoms with Gasteiger partial charge in [-0.15, -0.1) is 0 Å². The molecule has 34 heavy (non-hydrogen) atoms. The van der Waals surface area contributed by atoms with E-state index < -0.39 is 45.2 Å². The largest absolute Gasteiger partial charge is 0.508 e. The Morgan fingerprint density at radius 2 is 1.50 bits per heavy atom. The summed E-state index contributed by atoms with van der Waals surface area (Å²) in [6.45, 7) is 14.5. The predicted octanol–water partition coefficient (Wildman–Crippen LogP) is 5.03. The van der Waals surface area contributed by atoms with Crippen LogP contribution in [0.25, 0.3) is 0 Å². The van der Waals surface area contributed by atoms with Crippen LogP contribution in [0.5, 0.6) is 0 Å². The third-order valence-electron chi connectivity index (χ3n) is 5.93. The van der Waals surface area contributed by atoms with Gasteiger partial charge in [-0.25, -0.2) is 9.59 Å². The molecule has 0 unspecified atom stereocenters. The molecule has 0 N–H and O–H groups in total. The summed E-state index contributed by atoms with van der Waals surface area (Å²) in [7, 11) is -2.14. The van der Waals surface area contributed by atoms with E-state index in [1.807, 2.05) is 30.3 Å². The molecule has 4 atom stereocenters. The predicted molar refractivity (Wildman–Crippen MR) is 127 cm³/mol. The van der Waals surface area contributed by atoms with Gasteiger partial charge < -0.3 is 32.8 Å². The van der Waals surface area contributed by atoms with Crippen LogP contribution in [0.3, 0.4) is 0 Å². The number of rotatable bonds is 10. The fraction of sp³-hybridized carbons (Fsp3) is 0.667. The van der Waals surface area contributed by atoms with Crippen LogP contribution in [-0.2, 0) is 39.5 Å². The fourth-order valence-electron chi connectivity index (χ4n) is 3.01. The molecule has 0 saturated carbocycles. The van der Waals surface area contributed by atoms with Crippen LogP contribution in [0.15, 0.2) is 30.3 Å². The van der Waals surface area contributed by atoms with Crippen molar-refractivity contribution >= 4 is 20.6 Å². The van der Waals surface area contributed by atoms with Gasteiger partial charge in [0.2, 0.25) is 0 Å². The standard InChI is InChI=1S/C24H38O9Si/c1-8-27-22(25)32-19-18(16-30-34(6,7)24(3,4)5)31-21(20(19)33-23(26)28-9-2)29-15-17-13-11-10-12-14-17/h10-14,18-21H,8-9,15-16H2,1-7H3/t18-,19-,20-,21-/m1/s1. The Morgan fingerprint density at radius 3 is 2.03 bits per heavy atom. The molecule has 1 aromatic rings. The zero-order chi connectivity index (χ0) is 25.4. The molecule has 1 aliphatic heterocycles. The molecule has 0 amide bonds. The summed E-state index contributed by atoms with van der Waals surface area (Å²) in [4.78, 5) is 24.4. The lowest BCUT2D eigenvalue weighted by Crippen LogP contribution is -2.46. The maximum Gasteiger partial charge on any atom is 0.508 e. The van der Waals surface area contributed by atoms with Gasteiger partial charge in [0, 0.05) is 0 Å². The normalized spacial score (nSPS) is 22.8. The van der Waals surface area contributed by atoms with Gasteiger partial charge in [-0.1, -0.05) is 51.1 Å². The fourth-order valence-corrected chi connectivity index (χ4v) is 4.03. The van der Waals surface area contributed by atoms with Crippen LogP contribution in [0.1, 0.15) is 40.2 Å². The zero-order valence-electron chi connectivity index (χ0n) is 21.2. The first kappa shape index (κ1) is 28.1. The Labute approximate surface area is 203 Å². The monoisotopic (exact) mass is 498 g/mol. The van der Waals surface area contributed by atoms with Gasteiger partial charge in [-0.3, -0.25) is 0 Å². The third kappa shape index (κ3) is 7.97. The summed E-state index contributed by atoms with van der Waals surface area (Å²) in [5.74, 6) is 0. The van der Waals surface area contributed by atoms with Crippen molar-refractivity contribution in [3.05, 3.63) is 35.9 Å². The molecule has 1 aliphatic rings. The van der Waals surface area contributed by atoms with Crippen LogP contribution < -0.4 is 0 Å². The lowest BCUT2D eigenvalue weighted by atomic mass is 10.1. The summed E-state index contributed by atoms with van der Waals surface area (Å²) in [6.07, 6.45) is -5.62. The first-order valence-corrected chi connectivity index (χ1v) is 14.5. The average molecular weight is 499 g/mol. The lowest BCUT2D eigenvalue weighted by Gasteiger charge is -2.37. The van der Waals surface area contributed by atoms with E-state index in [9.17, 15) is 9.59 Å². The van der Waals surface area contributed by atoms with Crippen molar-refractivity contribution in [1.82, 2.24) is 0 Å². The SMILES string of the molecule is CCOC(=O)O[C@H]1[C@H](OCc2ccccc2)O[C@H](CO[Si](C)(C)C(C)(C)C)[C@H]1OC(=O)OCC. The Hall–Kier alpha value is -2.14. The van der Waals surface area contributed by atoms with Gasteiger partial charge in [-0.05, 0) is 37.5 Å². The summed E-state index contributed by atoms with van der Waals surface area (Å²) in [5, 5.41) is -0.0346. The molecule has 0 bridgehead atoms. The minimum atomic E-state index is -2.14. The molecule has 0 radical (unpaired) electrons. The van der Waals surface area contributed by atoms with Gasteiger partial charge in [-0.2, -0.15) is 0 Å². The highest BCUT2D eigenvalue weighted by Gasteiger charge is 2.52. The molecular weight excluding hydrogens is 460 g/mol. The topological polar surface area (TPSA) is 98.8 Å². The summed E-state index contributed by atoms with van der Waals surface area (Å²) in [6, 6.07) is 9.49. The Bertz CT molecular complexity index is 778. The van der Waals surface area contributed by atoms with Gasteiger partial charge in [0.1, 0.15) is 6.10 Å². The molecule has 1 aromatic carbocycles. The van der Waals surface area contributed by atoms with Crippen molar-refractivity contribution in [2.24, 2.45) is 0 Å². The second kappa shape index (κ2) is 12.5. The quantitative estimate of drug-likeness (QED) is 0.325. The maximum absolute atomic E-state index is 12.2. The van der Waals surface area contributed by atoms with Gasteiger partial charge >= 0.3 is 12.3 Å². The molecule has 0 spiro atoms. The zero-order valence-corrected chi connectivity index (χ0v) is 22.2. The van der Waals surface area contributed by atoms with Crippen molar-refractivity contribution in [3.8, 4) is 0 Å². The Morgan fingerprint density at radius 1 is 0.941 bits per heavy atom. The van der Waals surface area contributed by atoms with Crippen molar-refractivity contribution < 1.29 is 42.4 Å². The van der Waals surface area contributed by atoms with E-state index in [0.29, 0.717) is 0 Å². The minimum absolute atomic E-state index is 0.0346. The molecule has 192 valence electrons. The summed E-state index contributed by atoms with van der Waals surface area (Å²) >= 11 is 0. The molecule has 0 aliphatic carbocycles. The molecule has 1 saturated heterocycles. The van der Waals surface area contributed by atoms with Crippen LogP contribution in [-0.4, -0.2) is 65.1 Å². The van der Waals surface area contributed by atoms with Crippen molar-refractivity contribution in [2.45, 2.75) is 84.0 Å². The van der Waals surface area contributed by atoms with Crippen LogP contribution >= 0.6 is 0 Å². The highest BCUT2D eigenvalue weighted by Crippen LogP contribution is 2.38. The Balaban J connectivity index is 2.25. The molecule has 2 rings (SSSR count). The number of carbonyl (C=O) groups is 2. The van der Waals surface area contributed by atoms with Gasteiger partial charge in [0.05, 0.1) is 26.4 Å². The second-order valence-electron chi connectivity index (χ2n) is 9.44. The summed E-state index contributed by atoms with van der Waals surface area (Å²) in [5.41, 5.74) is 0.907. The maximum atomic E-state index is 12.2. The molecule has 10 heteroatoms. The van der Waals surface area contributed by atoms with Crippen molar-refractivity contribution in [3.63, 3.8) is 0 Å². The van der Waals surface area contributed by atoms with Crippen LogP contribution in [0.2, 0.25) is 18.1 Å². The van der Waals surface area contributed by atoms with E-state index in [2.05, 4.69) is 33.9 Å². The number of hydrogen-bond acceptors (Lipinski definition) is 9. The molecule has 1 fully saturated rings. The van der Waals surface area contributed by atoms with E-state index in [-0.39, 0.29) is 31.5 Å². The van der Waals surface area contributed by atoms with Crippen molar-refractivity contribution in [2.75, 3.05) is 19.8 Å².